The molecule has 0 bridgehead atoms. The van der Waals surface area contributed by atoms with Crippen LogP contribution in [-0.2, 0) is 4.79 Å². The van der Waals surface area contributed by atoms with Crippen molar-refractivity contribution in [3.05, 3.63) is 0 Å². The van der Waals surface area contributed by atoms with Gasteiger partial charge < -0.3 is 15.3 Å². The molecule has 6 heteroatoms. The number of nitrogens with zero attached hydrogens (tertiary/aromatic N) is 2. The molecule has 2 aliphatic rings. The van der Waals surface area contributed by atoms with Gasteiger partial charge in [0.1, 0.15) is 5.54 Å². The van der Waals surface area contributed by atoms with Gasteiger partial charge in [-0.1, -0.05) is 19.8 Å². The molecule has 0 aromatic rings. The third kappa shape index (κ3) is 3.66. The second-order valence-electron chi connectivity index (χ2n) is 6.35. The molecule has 2 rings (SSSR count). The number of rotatable bonds is 5. The van der Waals surface area contributed by atoms with Crippen molar-refractivity contribution in [2.24, 2.45) is 5.92 Å². The van der Waals surface area contributed by atoms with Gasteiger partial charge in [-0.2, -0.15) is 5.26 Å². The summed E-state index contributed by atoms with van der Waals surface area (Å²) < 4.78 is 0. The predicted octanol–water partition coefficient (Wildman–Crippen LogP) is 2.11. The Morgan fingerprint density at radius 1 is 1.43 bits per heavy atom. The van der Waals surface area contributed by atoms with E-state index in [-0.39, 0.29) is 18.5 Å². The summed E-state index contributed by atoms with van der Waals surface area (Å²) >= 11 is 0. The summed E-state index contributed by atoms with van der Waals surface area (Å²) in [5.41, 5.74) is -1.14. The Labute approximate surface area is 125 Å². The smallest absolute Gasteiger partial charge is 0.329 e. The van der Waals surface area contributed by atoms with Crippen molar-refractivity contribution in [3.8, 4) is 6.07 Å². The number of nitriles is 1. The third-order valence-corrected chi connectivity index (χ3v) is 4.47. The molecule has 0 aromatic heterocycles. The average molecular weight is 293 g/mol. The molecule has 0 heterocycles. The highest BCUT2D eigenvalue weighted by atomic mass is 16.4. The van der Waals surface area contributed by atoms with Crippen molar-refractivity contribution in [2.75, 3.05) is 6.54 Å². The van der Waals surface area contributed by atoms with Gasteiger partial charge in [0.05, 0.1) is 12.5 Å². The molecule has 2 atom stereocenters. The summed E-state index contributed by atoms with van der Waals surface area (Å²) in [7, 11) is 0. The summed E-state index contributed by atoms with van der Waals surface area (Å²) in [6.45, 7) is 2.40. The number of carboxylic acid groups (broad SMARTS) is 1. The highest BCUT2D eigenvalue weighted by Crippen LogP contribution is 2.34. The number of nitrogens with one attached hydrogen (secondary N) is 1. The van der Waals surface area contributed by atoms with Crippen molar-refractivity contribution in [1.82, 2.24) is 10.2 Å². The number of hydrogen-bond acceptors (Lipinski definition) is 3. The zero-order valence-corrected chi connectivity index (χ0v) is 12.5. The van der Waals surface area contributed by atoms with Crippen molar-refractivity contribution in [2.45, 2.75) is 63.5 Å². The van der Waals surface area contributed by atoms with Gasteiger partial charge in [-0.15, -0.1) is 0 Å². The van der Waals surface area contributed by atoms with Crippen LogP contribution >= 0.6 is 0 Å². The Balaban J connectivity index is 2.06. The van der Waals surface area contributed by atoms with E-state index < -0.39 is 11.5 Å². The van der Waals surface area contributed by atoms with E-state index in [4.69, 9.17) is 5.26 Å². The minimum absolute atomic E-state index is 0.171. The molecule has 116 valence electrons. The SMILES string of the molecule is CC1CCCC(NC(=O)N(CCC#N)C2CC2)(C(=O)O)C1. The molecule has 0 saturated heterocycles. The average Bonchev–Trinajstić information content (AvgIpc) is 3.23. The lowest BCUT2D eigenvalue weighted by Gasteiger charge is -2.38. The Bertz CT molecular complexity index is 456. The number of carboxylic acids is 1. The monoisotopic (exact) mass is 293 g/mol. The first-order valence-electron chi connectivity index (χ1n) is 7.67. The van der Waals surface area contributed by atoms with Crippen LogP contribution in [0.15, 0.2) is 0 Å². The molecule has 21 heavy (non-hydrogen) atoms. The second-order valence-corrected chi connectivity index (χ2v) is 6.35. The zero-order valence-electron chi connectivity index (χ0n) is 12.5. The summed E-state index contributed by atoms with van der Waals surface area (Å²) in [5, 5.41) is 21.0. The standard InChI is InChI=1S/C15H23N3O3/c1-11-4-2-7-15(10-11,13(19)20)17-14(21)18(9-3-8-16)12-5-6-12/h11-12H,2-7,9-10H2,1H3,(H,17,21)(H,19,20). The van der Waals surface area contributed by atoms with E-state index in [9.17, 15) is 14.7 Å². The molecule has 0 spiro atoms. The molecule has 0 aliphatic heterocycles. The molecular formula is C15H23N3O3. The Hall–Kier alpha value is -1.77. The number of amides is 2. The second kappa shape index (κ2) is 6.33. The molecular weight excluding hydrogens is 270 g/mol. The highest BCUT2D eigenvalue weighted by molar-refractivity contribution is 5.86. The fraction of sp³-hybridized carbons (Fsp3) is 0.800. The van der Waals surface area contributed by atoms with Crippen molar-refractivity contribution in [3.63, 3.8) is 0 Å². The van der Waals surface area contributed by atoms with Gasteiger partial charge in [-0.3, -0.25) is 0 Å². The van der Waals surface area contributed by atoms with Crippen LogP contribution in [-0.4, -0.2) is 40.1 Å². The van der Waals surface area contributed by atoms with Crippen LogP contribution in [0, 0.1) is 17.2 Å². The van der Waals surface area contributed by atoms with Gasteiger partial charge in [0.15, 0.2) is 0 Å². The molecule has 2 saturated carbocycles. The maximum atomic E-state index is 12.5. The van der Waals surface area contributed by atoms with Gasteiger partial charge >= 0.3 is 12.0 Å². The molecule has 2 aliphatic carbocycles. The van der Waals surface area contributed by atoms with Gasteiger partial charge in [-0.05, 0) is 31.6 Å². The van der Waals surface area contributed by atoms with E-state index in [1.54, 1.807) is 4.90 Å². The van der Waals surface area contributed by atoms with Crippen LogP contribution in [0.5, 0.6) is 0 Å². The van der Waals surface area contributed by atoms with Crippen LogP contribution in [0.3, 0.4) is 0 Å². The van der Waals surface area contributed by atoms with Crippen LogP contribution in [0.2, 0.25) is 0 Å². The fourth-order valence-corrected chi connectivity index (χ4v) is 3.20. The minimum atomic E-state index is -1.14. The van der Waals surface area contributed by atoms with Crippen molar-refractivity contribution < 1.29 is 14.7 Å². The van der Waals surface area contributed by atoms with E-state index in [1.165, 1.54) is 0 Å². The molecule has 2 fully saturated rings. The van der Waals surface area contributed by atoms with Crippen molar-refractivity contribution in [1.29, 1.82) is 5.26 Å². The molecule has 6 nitrogen and oxygen atoms in total. The number of aliphatic carboxylic acids is 1. The van der Waals surface area contributed by atoms with Crippen LogP contribution in [0.1, 0.15) is 51.9 Å². The number of urea groups is 1. The molecule has 0 radical (unpaired) electrons. The van der Waals surface area contributed by atoms with E-state index in [0.29, 0.717) is 25.3 Å². The van der Waals surface area contributed by atoms with E-state index in [0.717, 1.165) is 25.7 Å². The molecule has 0 aromatic carbocycles. The quantitative estimate of drug-likeness (QED) is 0.811. The van der Waals surface area contributed by atoms with Crippen LogP contribution in [0.4, 0.5) is 4.79 Å². The zero-order chi connectivity index (χ0) is 15.5. The molecule has 2 unspecified atom stereocenters. The summed E-state index contributed by atoms with van der Waals surface area (Å²) in [5.74, 6) is -0.651. The van der Waals surface area contributed by atoms with E-state index in [1.807, 2.05) is 13.0 Å². The van der Waals surface area contributed by atoms with Gasteiger partial charge in [0.2, 0.25) is 0 Å². The summed E-state index contributed by atoms with van der Waals surface area (Å²) in [6.07, 6.45) is 4.94. The largest absolute Gasteiger partial charge is 0.480 e. The first-order valence-corrected chi connectivity index (χ1v) is 7.67. The number of carbonyl (C=O) groups is 2. The lowest BCUT2D eigenvalue weighted by atomic mass is 9.76. The van der Waals surface area contributed by atoms with E-state index >= 15 is 0 Å². The normalized spacial score (nSPS) is 28.5. The topological polar surface area (TPSA) is 93.4 Å². The lowest BCUT2D eigenvalue weighted by Crippen LogP contribution is -2.60. The molecule has 2 amide bonds. The summed E-state index contributed by atoms with van der Waals surface area (Å²) in [6, 6.07) is 1.88. The van der Waals surface area contributed by atoms with Gasteiger partial charge in [-0.25, -0.2) is 9.59 Å². The number of carbonyl (C=O) groups excluding carboxylic acids is 1. The summed E-state index contributed by atoms with van der Waals surface area (Å²) in [4.78, 5) is 25.8. The first-order chi connectivity index (χ1) is 9.98. The maximum absolute atomic E-state index is 12.5. The predicted molar refractivity (Wildman–Crippen MR) is 76.5 cm³/mol. The fourth-order valence-electron chi connectivity index (χ4n) is 3.20. The first kappa shape index (κ1) is 15.6. The molecule has 2 N–H and O–H groups in total. The Morgan fingerprint density at radius 3 is 2.67 bits per heavy atom. The third-order valence-electron chi connectivity index (χ3n) is 4.47. The van der Waals surface area contributed by atoms with Crippen LogP contribution in [0.25, 0.3) is 0 Å². The van der Waals surface area contributed by atoms with Crippen LogP contribution < -0.4 is 5.32 Å². The van der Waals surface area contributed by atoms with Gasteiger partial charge in [0.25, 0.3) is 0 Å². The Morgan fingerprint density at radius 2 is 2.14 bits per heavy atom. The van der Waals surface area contributed by atoms with E-state index in [2.05, 4.69) is 5.32 Å². The van der Waals surface area contributed by atoms with Gasteiger partial charge in [0, 0.05) is 12.6 Å². The number of hydrogen-bond donors (Lipinski definition) is 2. The van der Waals surface area contributed by atoms with Crippen molar-refractivity contribution >= 4 is 12.0 Å². The maximum Gasteiger partial charge on any atom is 0.329 e. The Kier molecular flexibility index (Phi) is 4.71. The lowest BCUT2D eigenvalue weighted by molar-refractivity contribution is -0.146. The minimum Gasteiger partial charge on any atom is -0.480 e. The highest BCUT2D eigenvalue weighted by Gasteiger charge is 2.45.